The quantitative estimate of drug-likeness (QED) is 0.736. The molecule has 0 fully saturated rings. The van der Waals surface area contributed by atoms with Gasteiger partial charge in [0, 0.05) is 13.1 Å². The van der Waals surface area contributed by atoms with Crippen LogP contribution in [0.5, 0.6) is 0 Å². The van der Waals surface area contributed by atoms with Crippen LogP contribution < -0.4 is 0 Å². The lowest BCUT2D eigenvalue weighted by molar-refractivity contribution is 0.223. The first-order valence-corrected chi connectivity index (χ1v) is 6.52. The van der Waals surface area contributed by atoms with Gasteiger partial charge in [-0.25, -0.2) is 0 Å². The summed E-state index contributed by atoms with van der Waals surface area (Å²) in [6.07, 6.45) is 3.69. The Morgan fingerprint density at radius 1 is 1.50 bits per heavy atom. The van der Waals surface area contributed by atoms with E-state index in [1.165, 1.54) is 17.4 Å². The summed E-state index contributed by atoms with van der Waals surface area (Å²) in [7, 11) is 0. The Morgan fingerprint density at radius 2 is 2.33 bits per heavy atom. The Labute approximate surface area is 110 Å². The van der Waals surface area contributed by atoms with Gasteiger partial charge >= 0.3 is 0 Å². The van der Waals surface area contributed by atoms with Crippen molar-refractivity contribution in [1.29, 1.82) is 0 Å². The Balaban J connectivity index is 2.06. The van der Waals surface area contributed by atoms with E-state index in [1.807, 2.05) is 0 Å². The first-order valence-electron chi connectivity index (χ1n) is 6.52. The highest BCUT2D eigenvalue weighted by Gasteiger charge is 2.18. The highest BCUT2D eigenvalue weighted by molar-refractivity contribution is 5.37. The molecule has 18 heavy (non-hydrogen) atoms. The molecule has 0 saturated heterocycles. The van der Waals surface area contributed by atoms with Crippen molar-refractivity contribution in [1.82, 2.24) is 4.90 Å². The van der Waals surface area contributed by atoms with Crippen LogP contribution in [0.25, 0.3) is 0 Å². The summed E-state index contributed by atoms with van der Waals surface area (Å²) >= 11 is 0. The number of hydrogen-bond donors (Lipinski definition) is 0. The van der Waals surface area contributed by atoms with E-state index < -0.39 is 0 Å². The molecule has 0 saturated carbocycles. The Hall–Kier alpha value is -1.54. The summed E-state index contributed by atoms with van der Waals surface area (Å²) in [5.41, 5.74) is 4.49. The first-order chi connectivity index (χ1) is 8.74. The SMILES string of the molecule is C=COC(=C)CN1CCc2c(CC)cccc2C1. The van der Waals surface area contributed by atoms with Crippen LogP contribution in [0.3, 0.4) is 0 Å². The van der Waals surface area contributed by atoms with Crippen molar-refractivity contribution in [3.05, 3.63) is 60.1 Å². The highest BCUT2D eigenvalue weighted by atomic mass is 16.5. The van der Waals surface area contributed by atoms with Gasteiger partial charge in [-0.1, -0.05) is 38.3 Å². The van der Waals surface area contributed by atoms with Gasteiger partial charge in [0.1, 0.15) is 5.76 Å². The van der Waals surface area contributed by atoms with E-state index in [0.29, 0.717) is 0 Å². The third-order valence-corrected chi connectivity index (χ3v) is 3.47. The van der Waals surface area contributed by atoms with Crippen LogP contribution in [0.2, 0.25) is 0 Å². The van der Waals surface area contributed by atoms with Crippen LogP contribution in [0.1, 0.15) is 23.6 Å². The zero-order valence-corrected chi connectivity index (χ0v) is 11.1. The third-order valence-electron chi connectivity index (χ3n) is 3.47. The lowest BCUT2D eigenvalue weighted by Gasteiger charge is -2.30. The van der Waals surface area contributed by atoms with E-state index in [9.17, 15) is 0 Å². The van der Waals surface area contributed by atoms with Gasteiger partial charge in [-0.05, 0) is 29.5 Å². The fourth-order valence-corrected chi connectivity index (χ4v) is 2.62. The van der Waals surface area contributed by atoms with Gasteiger partial charge in [-0.3, -0.25) is 4.90 Å². The van der Waals surface area contributed by atoms with E-state index in [2.05, 4.69) is 43.2 Å². The maximum absolute atomic E-state index is 5.21. The van der Waals surface area contributed by atoms with E-state index in [4.69, 9.17) is 4.74 Å². The fraction of sp³-hybridized carbons (Fsp3) is 0.375. The molecule has 0 aromatic heterocycles. The second-order valence-corrected chi connectivity index (χ2v) is 4.69. The van der Waals surface area contributed by atoms with E-state index >= 15 is 0 Å². The van der Waals surface area contributed by atoms with Crippen molar-refractivity contribution in [2.75, 3.05) is 13.1 Å². The summed E-state index contributed by atoms with van der Waals surface area (Å²) in [4.78, 5) is 2.37. The highest BCUT2D eigenvalue weighted by Crippen LogP contribution is 2.23. The lowest BCUT2D eigenvalue weighted by Crippen LogP contribution is -2.32. The van der Waals surface area contributed by atoms with Crippen molar-refractivity contribution in [2.45, 2.75) is 26.3 Å². The van der Waals surface area contributed by atoms with Crippen LogP contribution in [0.4, 0.5) is 0 Å². The van der Waals surface area contributed by atoms with Crippen molar-refractivity contribution in [2.24, 2.45) is 0 Å². The maximum atomic E-state index is 5.21. The molecule has 0 spiro atoms. The lowest BCUT2D eigenvalue weighted by atomic mass is 9.93. The number of hydrogen-bond acceptors (Lipinski definition) is 2. The summed E-state index contributed by atoms with van der Waals surface area (Å²) in [6, 6.07) is 6.64. The summed E-state index contributed by atoms with van der Waals surface area (Å²) < 4.78 is 5.21. The summed E-state index contributed by atoms with van der Waals surface area (Å²) in [5.74, 6) is 0.764. The van der Waals surface area contributed by atoms with Gasteiger partial charge in [0.2, 0.25) is 0 Å². The minimum absolute atomic E-state index is 0.764. The average molecular weight is 243 g/mol. The largest absolute Gasteiger partial charge is 0.469 e. The van der Waals surface area contributed by atoms with Crippen LogP contribution in [0, 0.1) is 0 Å². The maximum Gasteiger partial charge on any atom is 0.110 e. The number of rotatable bonds is 5. The Morgan fingerprint density at radius 3 is 3.06 bits per heavy atom. The van der Waals surface area contributed by atoms with Crippen LogP contribution in [-0.2, 0) is 24.1 Å². The zero-order chi connectivity index (χ0) is 13.0. The fourth-order valence-electron chi connectivity index (χ4n) is 2.62. The van der Waals surface area contributed by atoms with Crippen molar-refractivity contribution in [3.8, 4) is 0 Å². The van der Waals surface area contributed by atoms with Crippen LogP contribution >= 0.6 is 0 Å². The number of aryl methyl sites for hydroxylation is 1. The second-order valence-electron chi connectivity index (χ2n) is 4.69. The minimum atomic E-state index is 0.764. The molecule has 2 rings (SSSR count). The molecule has 1 aliphatic rings. The molecular weight excluding hydrogens is 222 g/mol. The number of ether oxygens (including phenoxy) is 1. The number of fused-ring (bicyclic) bond motifs is 1. The van der Waals surface area contributed by atoms with Gasteiger partial charge in [0.25, 0.3) is 0 Å². The molecule has 0 bridgehead atoms. The molecule has 2 heteroatoms. The number of nitrogens with zero attached hydrogens (tertiary/aromatic N) is 1. The molecule has 0 aliphatic carbocycles. The molecule has 0 unspecified atom stereocenters. The molecule has 1 aliphatic heterocycles. The van der Waals surface area contributed by atoms with Gasteiger partial charge in [0.15, 0.2) is 0 Å². The standard InChI is InChI=1S/C16H21NO/c1-4-14-7-6-8-15-12-17(10-9-16(14)15)11-13(3)18-5-2/h5-8H,2-4,9-12H2,1H3. The van der Waals surface area contributed by atoms with E-state index in [1.54, 1.807) is 5.56 Å². The van der Waals surface area contributed by atoms with Gasteiger partial charge in [-0.2, -0.15) is 0 Å². The topological polar surface area (TPSA) is 12.5 Å². The van der Waals surface area contributed by atoms with Crippen molar-refractivity contribution < 1.29 is 4.74 Å². The van der Waals surface area contributed by atoms with Crippen molar-refractivity contribution in [3.63, 3.8) is 0 Å². The van der Waals surface area contributed by atoms with E-state index in [0.717, 1.165) is 38.2 Å². The Bertz CT molecular complexity index is 450. The molecule has 0 radical (unpaired) electrons. The zero-order valence-electron chi connectivity index (χ0n) is 11.1. The van der Waals surface area contributed by atoms with Gasteiger partial charge < -0.3 is 4.74 Å². The van der Waals surface area contributed by atoms with Crippen LogP contribution in [-0.4, -0.2) is 18.0 Å². The molecule has 1 aromatic carbocycles. The molecule has 1 aromatic rings. The molecule has 0 amide bonds. The van der Waals surface area contributed by atoms with Crippen LogP contribution in [0.15, 0.2) is 43.4 Å². The second kappa shape index (κ2) is 5.87. The molecule has 1 heterocycles. The van der Waals surface area contributed by atoms with E-state index in [-0.39, 0.29) is 0 Å². The minimum Gasteiger partial charge on any atom is -0.469 e. The van der Waals surface area contributed by atoms with Crippen molar-refractivity contribution >= 4 is 0 Å². The first kappa shape index (κ1) is 12.9. The smallest absolute Gasteiger partial charge is 0.110 e. The third kappa shape index (κ3) is 2.82. The normalized spacial score (nSPS) is 14.9. The number of benzene rings is 1. The average Bonchev–Trinajstić information content (AvgIpc) is 2.38. The van der Waals surface area contributed by atoms with Gasteiger partial charge in [-0.15, -0.1) is 0 Å². The Kier molecular flexibility index (Phi) is 4.21. The summed E-state index contributed by atoms with van der Waals surface area (Å²) in [6.45, 7) is 12.5. The predicted molar refractivity (Wildman–Crippen MR) is 75.2 cm³/mol. The molecule has 0 N–H and O–H groups in total. The molecule has 0 atom stereocenters. The monoisotopic (exact) mass is 243 g/mol. The molecular formula is C16H21NO. The molecule has 96 valence electrons. The predicted octanol–water partition coefficient (Wildman–Crippen LogP) is 3.28. The summed E-state index contributed by atoms with van der Waals surface area (Å²) in [5, 5.41) is 0. The van der Waals surface area contributed by atoms with Gasteiger partial charge in [0.05, 0.1) is 12.8 Å². The molecule has 2 nitrogen and oxygen atoms in total.